The number of aliphatic hydroxyl groups is 1. The molecular weight excluding hydrogens is 803 g/mol. The van der Waals surface area contributed by atoms with Crippen LogP contribution in [0.5, 0.6) is 11.5 Å². The first-order valence-corrected chi connectivity index (χ1v) is 21.1. The van der Waals surface area contributed by atoms with Gasteiger partial charge in [0.2, 0.25) is 11.8 Å². The smallest absolute Gasteiger partial charge is 0.261 e. The number of rotatable bonds is 15. The summed E-state index contributed by atoms with van der Waals surface area (Å²) in [7, 11) is 3.12. The summed E-state index contributed by atoms with van der Waals surface area (Å²) in [6, 6.07) is 23.3. The third-order valence-corrected chi connectivity index (χ3v) is 12.2. The number of hydrogen-bond donors (Lipinski definition) is 4. The minimum absolute atomic E-state index is 0.0456. The fourth-order valence-electron chi connectivity index (χ4n) is 8.79. The Balaban J connectivity index is 1.07. The lowest BCUT2D eigenvalue weighted by molar-refractivity contribution is -0.127. The van der Waals surface area contributed by atoms with Gasteiger partial charge < -0.3 is 39.6 Å². The molecule has 4 aliphatic heterocycles. The van der Waals surface area contributed by atoms with Gasteiger partial charge in [-0.1, -0.05) is 36.4 Å². The Bertz CT molecular complexity index is 2470. The molecule has 4 aliphatic rings. The summed E-state index contributed by atoms with van der Waals surface area (Å²) in [4.78, 5) is 54.0. The van der Waals surface area contributed by atoms with E-state index in [-0.39, 0.29) is 44.0 Å². The number of carbonyl (C=O) groups is 3. The highest BCUT2D eigenvalue weighted by atomic mass is 16.5. The van der Waals surface area contributed by atoms with Crippen molar-refractivity contribution < 1.29 is 38.4 Å². The Labute approximate surface area is 366 Å². The van der Waals surface area contributed by atoms with Crippen LogP contribution in [0.4, 0.5) is 22.7 Å². The van der Waals surface area contributed by atoms with Crippen molar-refractivity contribution in [3.63, 3.8) is 0 Å². The highest BCUT2D eigenvalue weighted by molar-refractivity contribution is 6.14. The van der Waals surface area contributed by atoms with Crippen LogP contribution in [0.1, 0.15) is 53.4 Å². The van der Waals surface area contributed by atoms with Crippen LogP contribution in [0.15, 0.2) is 101 Å². The van der Waals surface area contributed by atoms with Crippen molar-refractivity contribution >= 4 is 52.9 Å². The molecule has 0 fully saturated rings. The van der Waals surface area contributed by atoms with E-state index in [9.17, 15) is 19.5 Å². The minimum atomic E-state index is -0.906. The van der Waals surface area contributed by atoms with Gasteiger partial charge in [-0.15, -0.1) is 0 Å². The molecule has 0 spiro atoms. The molecule has 0 bridgehead atoms. The second kappa shape index (κ2) is 18.4. The normalized spacial score (nSPS) is 21.6. The lowest BCUT2D eigenvalue weighted by atomic mass is 9.93. The molecule has 0 saturated carbocycles. The number of aliphatic hydroxyl groups excluding tert-OH is 1. The summed E-state index contributed by atoms with van der Waals surface area (Å²) >= 11 is 0. The maximum absolute atomic E-state index is 14.0. The molecule has 4 N–H and O–H groups in total. The van der Waals surface area contributed by atoms with E-state index in [0.717, 1.165) is 28.9 Å². The molecule has 0 aromatic heterocycles. The first kappa shape index (κ1) is 43.1. The van der Waals surface area contributed by atoms with E-state index in [0.29, 0.717) is 47.0 Å². The number of methoxy groups -OCH3 is 2. The highest BCUT2D eigenvalue weighted by Crippen LogP contribution is 2.42. The lowest BCUT2D eigenvalue weighted by Gasteiger charge is -2.41. The number of amides is 3. The molecule has 0 aliphatic carbocycles. The van der Waals surface area contributed by atoms with Crippen molar-refractivity contribution in [2.75, 3.05) is 42.6 Å². The van der Waals surface area contributed by atoms with Crippen molar-refractivity contribution in [1.82, 2.24) is 10.6 Å². The van der Waals surface area contributed by atoms with Crippen molar-refractivity contribution in [3.05, 3.63) is 119 Å². The van der Waals surface area contributed by atoms with Gasteiger partial charge in [-0.25, -0.2) is 0 Å². The largest absolute Gasteiger partial charge is 0.505 e. The first-order chi connectivity index (χ1) is 30.5. The van der Waals surface area contributed by atoms with Crippen LogP contribution in [-0.2, 0) is 45.1 Å². The van der Waals surface area contributed by atoms with Gasteiger partial charge in [0.05, 0.1) is 75.8 Å². The van der Waals surface area contributed by atoms with E-state index in [1.54, 1.807) is 50.3 Å². The maximum atomic E-state index is 14.0. The zero-order valence-electron chi connectivity index (χ0n) is 36.0. The van der Waals surface area contributed by atoms with Crippen LogP contribution in [0.2, 0.25) is 0 Å². The van der Waals surface area contributed by atoms with Crippen LogP contribution in [0.25, 0.3) is 0 Å². The summed E-state index contributed by atoms with van der Waals surface area (Å²) in [6.45, 7) is 5.46. The quantitative estimate of drug-likeness (QED) is 0.0913. The summed E-state index contributed by atoms with van der Waals surface area (Å²) in [6.07, 6.45) is 8.89. The zero-order chi connectivity index (χ0) is 44.3. The summed E-state index contributed by atoms with van der Waals surface area (Å²) in [5.74, 6) is -0.315. The molecule has 63 heavy (non-hydrogen) atoms. The van der Waals surface area contributed by atoms with Crippen molar-refractivity contribution in [2.45, 2.75) is 82.6 Å². The summed E-state index contributed by atoms with van der Waals surface area (Å²) < 4.78 is 24.6. The monoisotopic (exact) mass is 855 g/mol. The molecular formula is C48H53N7O8. The average Bonchev–Trinajstić information content (AvgIpc) is 3.77. The third-order valence-electron chi connectivity index (χ3n) is 12.2. The number of nitrogens with zero attached hydrogens (tertiary/aromatic N) is 4. The van der Waals surface area contributed by atoms with E-state index >= 15 is 0 Å². The van der Waals surface area contributed by atoms with Gasteiger partial charge in [-0.05, 0) is 91.9 Å². The van der Waals surface area contributed by atoms with Crippen LogP contribution in [0, 0.1) is 0 Å². The number of para-hydroxylation sites is 2. The van der Waals surface area contributed by atoms with Gasteiger partial charge in [0, 0.05) is 42.0 Å². The number of fused-ring (bicyclic) bond motifs is 7. The van der Waals surface area contributed by atoms with Gasteiger partial charge in [-0.2, -0.15) is 0 Å². The van der Waals surface area contributed by atoms with Crippen molar-refractivity contribution in [3.8, 4) is 11.5 Å². The first-order valence-electron chi connectivity index (χ1n) is 21.1. The van der Waals surface area contributed by atoms with E-state index in [1.165, 1.54) is 12.7 Å². The Morgan fingerprint density at radius 3 is 2.35 bits per heavy atom. The van der Waals surface area contributed by atoms with Crippen LogP contribution in [-0.4, -0.2) is 98.6 Å². The lowest BCUT2D eigenvalue weighted by Crippen LogP contribution is -2.54. The highest BCUT2D eigenvalue weighted by Gasteiger charge is 2.45. The third kappa shape index (κ3) is 8.76. The molecule has 15 nitrogen and oxygen atoms in total. The molecule has 4 aromatic rings. The van der Waals surface area contributed by atoms with Gasteiger partial charge >= 0.3 is 0 Å². The Morgan fingerprint density at radius 2 is 1.60 bits per heavy atom. The van der Waals surface area contributed by atoms with E-state index in [1.807, 2.05) is 61.0 Å². The van der Waals surface area contributed by atoms with Crippen molar-refractivity contribution in [2.24, 2.45) is 9.98 Å². The Morgan fingerprint density at radius 1 is 0.889 bits per heavy atom. The molecule has 328 valence electrons. The van der Waals surface area contributed by atoms with E-state index in [2.05, 4.69) is 46.0 Å². The number of benzene rings is 4. The summed E-state index contributed by atoms with van der Waals surface area (Å²) in [5.41, 5.74) is 6.20. The van der Waals surface area contributed by atoms with Gasteiger partial charge in [0.25, 0.3) is 5.91 Å². The number of ether oxygens (including phenoxy) is 4. The zero-order valence-corrected chi connectivity index (χ0v) is 36.0. The molecule has 2 unspecified atom stereocenters. The molecule has 8 rings (SSSR count). The molecule has 0 radical (unpaired) electrons. The van der Waals surface area contributed by atoms with Gasteiger partial charge in [0.1, 0.15) is 18.2 Å². The fraction of sp³-hybridized carbons (Fsp3) is 0.354. The second-order valence-corrected chi connectivity index (χ2v) is 16.3. The number of aliphatic imine (C=N–C) groups is 2. The Kier molecular flexibility index (Phi) is 12.6. The topological polar surface area (TPSA) is 176 Å². The van der Waals surface area contributed by atoms with Crippen LogP contribution < -0.4 is 35.2 Å². The molecule has 6 atom stereocenters. The van der Waals surface area contributed by atoms with Crippen LogP contribution >= 0.6 is 0 Å². The Hall–Kier alpha value is -6.55. The van der Waals surface area contributed by atoms with Gasteiger partial charge in [-0.3, -0.25) is 34.6 Å². The second-order valence-electron chi connectivity index (χ2n) is 16.3. The molecule has 3 amide bonds. The van der Waals surface area contributed by atoms with E-state index in [4.69, 9.17) is 28.9 Å². The molecule has 4 heterocycles. The number of anilines is 3. The molecule has 0 saturated heterocycles. The maximum Gasteiger partial charge on any atom is 0.261 e. The standard InChI is InChI=1S/C48H53N7O8/c1-29(51-28-56)45(57)52-30(2)46(58)53-36-17-32(25-62-44-22-40-39(21-43(44)61-5)47(59)55-38(24-50-40)20-35-11-7-9-13-42(35)55)16-33(18-36)26-63-48(14-15-60-4)27-49-23-37-19-34-10-6-8-12-41(34)54(37)31(48)3/h6-18,21-24,29-31,37-38,51,56H,19-20,25-28H2,1-5H3,(H,52,57)(H,53,58)/b15-14+/t29-,30-,31?,37-,38-,48?/m0/s1. The van der Waals surface area contributed by atoms with Gasteiger partial charge in [0.15, 0.2) is 11.5 Å². The number of carbonyl (C=O) groups excluding carboxylic acids is 3. The summed E-state index contributed by atoms with van der Waals surface area (Å²) in [5, 5.41) is 17.5. The van der Waals surface area contributed by atoms with Crippen molar-refractivity contribution in [1.29, 1.82) is 0 Å². The fourth-order valence-corrected chi connectivity index (χ4v) is 8.79. The average molecular weight is 856 g/mol. The predicted molar refractivity (Wildman–Crippen MR) is 241 cm³/mol. The van der Waals surface area contributed by atoms with Crippen LogP contribution in [0.3, 0.4) is 0 Å². The molecule has 15 heteroatoms. The molecule has 4 aromatic carbocycles. The number of hydrogen-bond acceptors (Lipinski definition) is 12. The predicted octanol–water partition coefficient (Wildman–Crippen LogP) is 5.25. The SMILES string of the molecule is CO/C=C/C1(OCc2cc(COc3cc4c(cc3OC)C(=O)N3c5ccccc5C[C@H]3C=N4)cc(NC(=O)[C@H](C)NC(=O)[C@H](C)NCO)c2)CN=C[C@@H]2Cc3ccccc3N2C1C. The minimum Gasteiger partial charge on any atom is -0.505 e. The van der Waals surface area contributed by atoms with E-state index < -0.39 is 29.5 Å². The number of nitrogens with one attached hydrogen (secondary N) is 3.